The Morgan fingerprint density at radius 3 is 2.42 bits per heavy atom. The van der Waals surface area contributed by atoms with E-state index in [1.165, 1.54) is 11.3 Å². The van der Waals surface area contributed by atoms with Gasteiger partial charge in [0.05, 0.1) is 0 Å². The predicted molar refractivity (Wildman–Crippen MR) is 84.0 cm³/mol. The molecule has 1 aromatic carbocycles. The van der Waals surface area contributed by atoms with Gasteiger partial charge < -0.3 is 10.2 Å². The lowest BCUT2D eigenvalue weighted by Gasteiger charge is -2.31. The van der Waals surface area contributed by atoms with Crippen molar-refractivity contribution in [3.63, 3.8) is 0 Å². The molecule has 2 rings (SSSR count). The topological polar surface area (TPSA) is 15.3 Å². The highest BCUT2D eigenvalue weighted by Gasteiger charge is 2.26. The van der Waals surface area contributed by atoms with E-state index in [1.54, 1.807) is 0 Å². The first-order valence-electron chi connectivity index (χ1n) is 7.47. The van der Waals surface area contributed by atoms with E-state index in [2.05, 4.69) is 69.1 Å². The van der Waals surface area contributed by atoms with Crippen molar-refractivity contribution in [1.29, 1.82) is 0 Å². The smallest absolute Gasteiger partial charge is 0.0367 e. The molecule has 1 atom stereocenters. The second kappa shape index (κ2) is 5.54. The second-order valence-electron chi connectivity index (χ2n) is 7.00. The molecule has 1 saturated heterocycles. The Morgan fingerprint density at radius 1 is 1.21 bits per heavy atom. The lowest BCUT2D eigenvalue weighted by atomic mass is 10.0. The molecule has 0 spiro atoms. The number of hydrogen-bond acceptors (Lipinski definition) is 2. The van der Waals surface area contributed by atoms with Crippen LogP contribution in [0.25, 0.3) is 0 Å². The maximum Gasteiger partial charge on any atom is 0.0367 e. The largest absolute Gasteiger partial charge is 0.369 e. The van der Waals surface area contributed by atoms with Gasteiger partial charge in [0.15, 0.2) is 0 Å². The van der Waals surface area contributed by atoms with Crippen LogP contribution in [0, 0.1) is 5.92 Å². The van der Waals surface area contributed by atoms with Crippen molar-refractivity contribution in [2.24, 2.45) is 5.92 Å². The molecular weight excluding hydrogens is 232 g/mol. The lowest BCUT2D eigenvalue weighted by molar-refractivity contribution is 0.402. The first-order valence-corrected chi connectivity index (χ1v) is 7.47. The van der Waals surface area contributed by atoms with Crippen LogP contribution in [0.5, 0.6) is 0 Å². The summed E-state index contributed by atoms with van der Waals surface area (Å²) >= 11 is 0. The van der Waals surface area contributed by atoms with Crippen molar-refractivity contribution < 1.29 is 0 Å². The Balaban J connectivity index is 2.18. The monoisotopic (exact) mass is 260 g/mol. The van der Waals surface area contributed by atoms with Crippen LogP contribution in [0.1, 0.15) is 46.1 Å². The quantitative estimate of drug-likeness (QED) is 0.873. The van der Waals surface area contributed by atoms with E-state index in [0.29, 0.717) is 11.8 Å². The highest BCUT2D eigenvalue weighted by Crippen LogP contribution is 2.24. The van der Waals surface area contributed by atoms with Crippen LogP contribution < -0.4 is 10.2 Å². The van der Waals surface area contributed by atoms with E-state index in [4.69, 9.17) is 0 Å². The molecule has 0 aromatic heterocycles. The first-order chi connectivity index (χ1) is 8.87. The van der Waals surface area contributed by atoms with Crippen LogP contribution in [0.2, 0.25) is 0 Å². The molecule has 0 amide bonds. The number of nitrogens with one attached hydrogen (secondary N) is 1. The zero-order valence-electron chi connectivity index (χ0n) is 13.0. The Labute approximate surface area is 118 Å². The van der Waals surface area contributed by atoms with Crippen molar-refractivity contribution >= 4 is 5.69 Å². The van der Waals surface area contributed by atoms with Gasteiger partial charge in [-0.1, -0.05) is 32.9 Å². The van der Waals surface area contributed by atoms with E-state index in [9.17, 15) is 0 Å². The molecule has 2 nitrogen and oxygen atoms in total. The zero-order chi connectivity index (χ0) is 14.0. The van der Waals surface area contributed by atoms with Crippen LogP contribution >= 0.6 is 0 Å². The fourth-order valence-electron chi connectivity index (χ4n) is 2.76. The molecular formula is C17H28N2. The molecule has 1 aliphatic rings. The van der Waals surface area contributed by atoms with Gasteiger partial charge in [0.1, 0.15) is 0 Å². The van der Waals surface area contributed by atoms with Crippen LogP contribution in [0.3, 0.4) is 0 Å². The number of rotatable bonds is 2. The summed E-state index contributed by atoms with van der Waals surface area (Å²) in [4.78, 5) is 2.52. The van der Waals surface area contributed by atoms with Gasteiger partial charge in [0, 0.05) is 24.3 Å². The summed E-state index contributed by atoms with van der Waals surface area (Å²) in [6.45, 7) is 14.7. The summed E-state index contributed by atoms with van der Waals surface area (Å²) in [6.07, 6.45) is 0. The minimum Gasteiger partial charge on any atom is -0.369 e. The molecule has 1 aliphatic heterocycles. The molecule has 19 heavy (non-hydrogen) atoms. The van der Waals surface area contributed by atoms with Gasteiger partial charge in [-0.15, -0.1) is 0 Å². The fraction of sp³-hybridized carbons (Fsp3) is 0.647. The molecule has 1 unspecified atom stereocenters. The van der Waals surface area contributed by atoms with E-state index in [0.717, 1.165) is 19.6 Å². The Morgan fingerprint density at radius 2 is 1.84 bits per heavy atom. The number of benzene rings is 1. The van der Waals surface area contributed by atoms with E-state index >= 15 is 0 Å². The summed E-state index contributed by atoms with van der Waals surface area (Å²) in [7, 11) is 0. The summed E-state index contributed by atoms with van der Waals surface area (Å²) in [5, 5.41) is 3.66. The van der Waals surface area contributed by atoms with Crippen LogP contribution in [-0.2, 0) is 0 Å². The Kier molecular flexibility index (Phi) is 4.19. The second-order valence-corrected chi connectivity index (χ2v) is 7.00. The molecule has 0 radical (unpaired) electrons. The molecule has 0 bridgehead atoms. The third-order valence-corrected chi connectivity index (χ3v) is 3.97. The van der Waals surface area contributed by atoms with Gasteiger partial charge in [0.25, 0.3) is 0 Å². The molecule has 106 valence electrons. The van der Waals surface area contributed by atoms with Crippen molar-refractivity contribution in [3.8, 4) is 0 Å². The van der Waals surface area contributed by atoms with Crippen molar-refractivity contribution in [3.05, 3.63) is 29.8 Å². The Hall–Kier alpha value is -1.02. The average Bonchev–Trinajstić information content (AvgIpc) is 2.48. The molecule has 1 N–H and O–H groups in total. The standard InChI is InChI=1S/C17H28N2/c1-13(2)15-6-8-16(9-7-15)19-11-14(3)10-18-17(4,5)12-19/h6-9,13-14,18H,10-12H2,1-5H3. The minimum atomic E-state index is 0.182. The molecule has 2 heteroatoms. The maximum atomic E-state index is 3.66. The SMILES string of the molecule is CC1CNC(C)(C)CN(c2ccc(C(C)C)cc2)C1. The molecule has 0 aliphatic carbocycles. The van der Waals surface area contributed by atoms with Crippen LogP contribution in [0.4, 0.5) is 5.69 Å². The van der Waals surface area contributed by atoms with Gasteiger partial charge in [-0.3, -0.25) is 0 Å². The number of nitrogens with zero attached hydrogens (tertiary/aromatic N) is 1. The summed E-state index contributed by atoms with van der Waals surface area (Å²) < 4.78 is 0. The van der Waals surface area contributed by atoms with Gasteiger partial charge in [-0.25, -0.2) is 0 Å². The van der Waals surface area contributed by atoms with Gasteiger partial charge >= 0.3 is 0 Å². The highest BCUT2D eigenvalue weighted by molar-refractivity contribution is 5.48. The highest BCUT2D eigenvalue weighted by atomic mass is 15.2. The van der Waals surface area contributed by atoms with Crippen molar-refractivity contribution in [1.82, 2.24) is 5.32 Å². The maximum absolute atomic E-state index is 3.66. The normalized spacial score (nSPS) is 23.5. The summed E-state index contributed by atoms with van der Waals surface area (Å²) in [5.41, 5.74) is 2.96. The lowest BCUT2D eigenvalue weighted by Crippen LogP contribution is -2.46. The van der Waals surface area contributed by atoms with Crippen molar-refractivity contribution in [2.75, 3.05) is 24.5 Å². The summed E-state index contributed by atoms with van der Waals surface area (Å²) in [6, 6.07) is 9.11. The number of hydrogen-bond donors (Lipinski definition) is 1. The minimum absolute atomic E-state index is 0.182. The molecule has 1 fully saturated rings. The van der Waals surface area contributed by atoms with E-state index in [1.807, 2.05) is 0 Å². The molecule has 1 aromatic rings. The van der Waals surface area contributed by atoms with E-state index < -0.39 is 0 Å². The third-order valence-electron chi connectivity index (χ3n) is 3.97. The van der Waals surface area contributed by atoms with Crippen LogP contribution in [-0.4, -0.2) is 25.2 Å². The first kappa shape index (κ1) is 14.4. The average molecular weight is 260 g/mol. The fourth-order valence-corrected chi connectivity index (χ4v) is 2.76. The molecule has 1 heterocycles. The van der Waals surface area contributed by atoms with E-state index in [-0.39, 0.29) is 5.54 Å². The van der Waals surface area contributed by atoms with Gasteiger partial charge in [0.2, 0.25) is 0 Å². The zero-order valence-corrected chi connectivity index (χ0v) is 13.0. The van der Waals surface area contributed by atoms with Gasteiger partial charge in [-0.2, -0.15) is 0 Å². The number of anilines is 1. The van der Waals surface area contributed by atoms with Gasteiger partial charge in [-0.05, 0) is 49.9 Å². The Bertz CT molecular complexity index is 406. The third kappa shape index (κ3) is 3.73. The van der Waals surface area contributed by atoms with Crippen LogP contribution in [0.15, 0.2) is 24.3 Å². The summed E-state index contributed by atoms with van der Waals surface area (Å²) in [5.74, 6) is 1.29. The predicted octanol–water partition coefficient (Wildman–Crippen LogP) is 3.63. The van der Waals surface area contributed by atoms with Crippen molar-refractivity contribution in [2.45, 2.75) is 46.1 Å². The molecule has 0 saturated carbocycles.